The molecule has 100 valence electrons. The number of hydrogen-bond acceptors (Lipinski definition) is 3. The number of anilines is 1. The first-order valence-electron chi connectivity index (χ1n) is 5.96. The molecule has 0 spiro atoms. The minimum absolute atomic E-state index is 0.0538. The Morgan fingerprint density at radius 3 is 2.72 bits per heavy atom. The van der Waals surface area contributed by atoms with E-state index in [1.165, 1.54) is 0 Å². The molecule has 0 fully saturated rings. The molecule has 18 heavy (non-hydrogen) atoms. The highest BCUT2D eigenvalue weighted by Gasteiger charge is 2.03. The van der Waals surface area contributed by atoms with Gasteiger partial charge < -0.3 is 10.6 Å². The molecule has 1 unspecified atom stereocenters. The van der Waals surface area contributed by atoms with E-state index in [9.17, 15) is 9.00 Å². The Bertz CT molecular complexity index is 421. The number of carbonyl (C=O) groups excluding carboxylic acids is 1. The van der Waals surface area contributed by atoms with E-state index >= 15 is 0 Å². The molecular weight excluding hydrogens is 248 g/mol. The zero-order valence-corrected chi connectivity index (χ0v) is 11.7. The molecule has 1 amide bonds. The zero-order chi connectivity index (χ0) is 13.4. The molecule has 1 aromatic carbocycles. The molecule has 2 N–H and O–H groups in total. The summed E-state index contributed by atoms with van der Waals surface area (Å²) < 4.78 is 10.8. The lowest BCUT2D eigenvalue weighted by atomic mass is 10.2. The molecule has 1 aromatic rings. The normalized spacial score (nSPS) is 12.1. The van der Waals surface area contributed by atoms with Crippen molar-refractivity contribution < 1.29 is 9.00 Å². The number of carbonyl (C=O) groups is 1. The largest absolute Gasteiger partial charge is 0.325 e. The smallest absolute Gasteiger partial charge is 0.238 e. The van der Waals surface area contributed by atoms with E-state index in [0.717, 1.165) is 17.7 Å². The minimum Gasteiger partial charge on any atom is -0.325 e. The first kappa shape index (κ1) is 14.9. The molecule has 0 aliphatic carbocycles. The monoisotopic (exact) mass is 268 g/mol. The maximum atomic E-state index is 11.6. The maximum absolute atomic E-state index is 11.6. The third kappa shape index (κ3) is 5.93. The summed E-state index contributed by atoms with van der Waals surface area (Å²) in [6, 6.07) is 7.67. The van der Waals surface area contributed by atoms with Gasteiger partial charge in [0.25, 0.3) is 0 Å². The van der Waals surface area contributed by atoms with Gasteiger partial charge in [-0.25, -0.2) is 0 Å². The molecule has 0 bridgehead atoms. The minimum atomic E-state index is -0.755. The quantitative estimate of drug-likeness (QED) is 0.733. The van der Waals surface area contributed by atoms with Crippen LogP contribution in [0, 0.1) is 6.92 Å². The van der Waals surface area contributed by atoms with Crippen molar-refractivity contribution in [2.45, 2.75) is 13.3 Å². The second-order valence-electron chi connectivity index (χ2n) is 4.17. The van der Waals surface area contributed by atoms with Crippen molar-refractivity contribution in [3.63, 3.8) is 0 Å². The van der Waals surface area contributed by atoms with Crippen LogP contribution in [-0.4, -0.2) is 35.2 Å². The molecule has 0 aliphatic heterocycles. The van der Waals surface area contributed by atoms with E-state index in [4.69, 9.17) is 0 Å². The van der Waals surface area contributed by atoms with Gasteiger partial charge in [0.2, 0.25) is 5.91 Å². The van der Waals surface area contributed by atoms with Gasteiger partial charge in [0, 0.05) is 28.5 Å². The fourth-order valence-corrected chi connectivity index (χ4v) is 2.06. The van der Waals surface area contributed by atoms with Crippen LogP contribution in [-0.2, 0) is 15.6 Å². The molecule has 0 aliphatic rings. The number of rotatable bonds is 7. The first-order valence-corrected chi connectivity index (χ1v) is 7.68. The second-order valence-corrected chi connectivity index (χ2v) is 5.73. The van der Waals surface area contributed by atoms with Gasteiger partial charge in [0.05, 0.1) is 6.54 Å². The van der Waals surface area contributed by atoms with Crippen LogP contribution in [0.4, 0.5) is 5.69 Å². The van der Waals surface area contributed by atoms with E-state index in [1.54, 1.807) is 6.26 Å². The van der Waals surface area contributed by atoms with Crippen molar-refractivity contribution >= 4 is 22.4 Å². The topological polar surface area (TPSA) is 58.2 Å². The lowest BCUT2D eigenvalue weighted by Gasteiger charge is -2.08. The van der Waals surface area contributed by atoms with Crippen molar-refractivity contribution in [1.82, 2.24) is 5.32 Å². The van der Waals surface area contributed by atoms with E-state index < -0.39 is 10.8 Å². The number of benzene rings is 1. The SMILES string of the molecule is Cc1ccccc1NC(=O)CNCCCS(C)=O. The molecule has 0 saturated heterocycles. The third-order valence-electron chi connectivity index (χ3n) is 2.49. The van der Waals surface area contributed by atoms with Gasteiger partial charge in [-0.05, 0) is 31.5 Å². The van der Waals surface area contributed by atoms with Crippen molar-refractivity contribution in [3.05, 3.63) is 29.8 Å². The molecule has 1 atom stereocenters. The summed E-state index contributed by atoms with van der Waals surface area (Å²) in [6.45, 7) is 2.95. The summed E-state index contributed by atoms with van der Waals surface area (Å²) in [6.07, 6.45) is 2.51. The molecule has 0 saturated carbocycles. The Morgan fingerprint density at radius 1 is 1.33 bits per heavy atom. The van der Waals surface area contributed by atoms with Gasteiger partial charge in [-0.2, -0.15) is 0 Å². The molecule has 0 radical (unpaired) electrons. The Balaban J connectivity index is 2.22. The predicted octanol–water partition coefficient (Wildman–Crippen LogP) is 1.29. The Labute approximate surface area is 111 Å². The Kier molecular flexibility index (Phi) is 6.60. The van der Waals surface area contributed by atoms with Crippen LogP contribution >= 0.6 is 0 Å². The standard InChI is InChI=1S/C13H20N2O2S/c1-11-6-3-4-7-12(11)15-13(16)10-14-8-5-9-18(2)17/h3-4,6-7,14H,5,8-10H2,1-2H3,(H,15,16). The summed E-state index contributed by atoms with van der Waals surface area (Å²) in [7, 11) is -0.755. The van der Waals surface area contributed by atoms with Crippen LogP contribution in [0.2, 0.25) is 0 Å². The van der Waals surface area contributed by atoms with Crippen molar-refractivity contribution in [1.29, 1.82) is 0 Å². The van der Waals surface area contributed by atoms with E-state index in [-0.39, 0.29) is 12.5 Å². The van der Waals surface area contributed by atoms with Gasteiger partial charge in [-0.15, -0.1) is 0 Å². The van der Waals surface area contributed by atoms with Gasteiger partial charge >= 0.3 is 0 Å². The third-order valence-corrected chi connectivity index (χ3v) is 3.35. The highest BCUT2D eigenvalue weighted by Crippen LogP contribution is 2.12. The van der Waals surface area contributed by atoms with E-state index in [1.807, 2.05) is 31.2 Å². The molecule has 1 rings (SSSR count). The number of hydrogen-bond donors (Lipinski definition) is 2. The number of aryl methyl sites for hydroxylation is 1. The lowest BCUT2D eigenvalue weighted by molar-refractivity contribution is -0.115. The number of nitrogens with one attached hydrogen (secondary N) is 2. The Hall–Kier alpha value is -1.20. The molecule has 5 heteroatoms. The summed E-state index contributed by atoms with van der Waals surface area (Å²) in [5.41, 5.74) is 1.89. The average Bonchev–Trinajstić information content (AvgIpc) is 2.31. The second kappa shape index (κ2) is 8.00. The first-order chi connectivity index (χ1) is 8.59. The Morgan fingerprint density at radius 2 is 2.06 bits per heavy atom. The average molecular weight is 268 g/mol. The fraction of sp³-hybridized carbons (Fsp3) is 0.462. The van der Waals surface area contributed by atoms with E-state index in [0.29, 0.717) is 12.3 Å². The van der Waals surface area contributed by atoms with E-state index in [2.05, 4.69) is 10.6 Å². The van der Waals surface area contributed by atoms with Crippen LogP contribution in [0.3, 0.4) is 0 Å². The van der Waals surface area contributed by atoms with Crippen LogP contribution < -0.4 is 10.6 Å². The molecule has 4 nitrogen and oxygen atoms in total. The fourth-order valence-electron chi connectivity index (χ4n) is 1.51. The summed E-state index contributed by atoms with van der Waals surface area (Å²) in [5, 5.41) is 5.88. The summed E-state index contributed by atoms with van der Waals surface area (Å²) >= 11 is 0. The van der Waals surface area contributed by atoms with Crippen molar-refractivity contribution in [3.8, 4) is 0 Å². The summed E-state index contributed by atoms with van der Waals surface area (Å²) in [4.78, 5) is 11.6. The molecule has 0 aromatic heterocycles. The van der Waals surface area contributed by atoms with Crippen molar-refractivity contribution in [2.75, 3.05) is 30.4 Å². The van der Waals surface area contributed by atoms with Crippen LogP contribution in [0.15, 0.2) is 24.3 Å². The van der Waals surface area contributed by atoms with Crippen LogP contribution in [0.5, 0.6) is 0 Å². The highest BCUT2D eigenvalue weighted by molar-refractivity contribution is 7.84. The number of amides is 1. The molecular formula is C13H20N2O2S. The van der Waals surface area contributed by atoms with Crippen LogP contribution in [0.1, 0.15) is 12.0 Å². The van der Waals surface area contributed by atoms with Crippen LogP contribution in [0.25, 0.3) is 0 Å². The molecule has 0 heterocycles. The lowest BCUT2D eigenvalue weighted by Crippen LogP contribution is -2.29. The van der Waals surface area contributed by atoms with Gasteiger partial charge in [-0.3, -0.25) is 9.00 Å². The maximum Gasteiger partial charge on any atom is 0.238 e. The van der Waals surface area contributed by atoms with Gasteiger partial charge in [0.15, 0.2) is 0 Å². The zero-order valence-electron chi connectivity index (χ0n) is 10.9. The van der Waals surface area contributed by atoms with Crippen molar-refractivity contribution in [2.24, 2.45) is 0 Å². The number of para-hydroxylation sites is 1. The van der Waals surface area contributed by atoms with Gasteiger partial charge in [0.1, 0.15) is 0 Å². The van der Waals surface area contributed by atoms with Gasteiger partial charge in [-0.1, -0.05) is 18.2 Å². The predicted molar refractivity (Wildman–Crippen MR) is 76.2 cm³/mol. The summed E-state index contributed by atoms with van der Waals surface area (Å²) in [5.74, 6) is 0.619. The highest BCUT2D eigenvalue weighted by atomic mass is 32.2.